The number of anilines is 1. The Hall–Kier alpha value is -1.33. The summed E-state index contributed by atoms with van der Waals surface area (Å²) < 4.78 is 26.9. The highest BCUT2D eigenvalue weighted by atomic mass is 32.2. The van der Waals surface area contributed by atoms with E-state index in [1.165, 1.54) is 5.56 Å². The monoisotopic (exact) mass is 278 g/mol. The molecular formula is C14H18N2O2S. The molecule has 0 saturated heterocycles. The summed E-state index contributed by atoms with van der Waals surface area (Å²) in [6.07, 6.45) is 4.53. The minimum atomic E-state index is -3.40. The lowest BCUT2D eigenvalue weighted by Crippen LogP contribution is -2.33. The smallest absolute Gasteiger partial charge is 0.243 e. The zero-order valence-electron chi connectivity index (χ0n) is 10.8. The van der Waals surface area contributed by atoms with Gasteiger partial charge < -0.3 is 5.32 Å². The SMILES string of the molecule is C=CCN(C1CC1)S(=O)(=O)c1ccc2c(c1)NCC2. The van der Waals surface area contributed by atoms with Crippen LogP contribution < -0.4 is 5.32 Å². The first kappa shape index (κ1) is 12.7. The molecule has 1 heterocycles. The fourth-order valence-corrected chi connectivity index (χ4v) is 4.18. The van der Waals surface area contributed by atoms with E-state index in [2.05, 4.69) is 11.9 Å². The Morgan fingerprint density at radius 3 is 2.89 bits per heavy atom. The molecule has 0 bridgehead atoms. The van der Waals surface area contributed by atoms with E-state index in [0.29, 0.717) is 11.4 Å². The summed E-state index contributed by atoms with van der Waals surface area (Å²) in [5.74, 6) is 0. The molecule has 5 heteroatoms. The Labute approximate surface area is 114 Å². The van der Waals surface area contributed by atoms with Crippen LogP contribution in [0, 0.1) is 0 Å². The highest BCUT2D eigenvalue weighted by Gasteiger charge is 2.37. The van der Waals surface area contributed by atoms with E-state index in [0.717, 1.165) is 31.5 Å². The second kappa shape index (κ2) is 4.65. The second-order valence-electron chi connectivity index (χ2n) is 5.09. The lowest BCUT2D eigenvalue weighted by Gasteiger charge is -2.20. The molecule has 3 rings (SSSR count). The summed E-state index contributed by atoms with van der Waals surface area (Å²) in [6, 6.07) is 5.56. The van der Waals surface area contributed by atoms with Crippen LogP contribution in [-0.2, 0) is 16.4 Å². The van der Waals surface area contributed by atoms with Crippen LogP contribution >= 0.6 is 0 Å². The van der Waals surface area contributed by atoms with Crippen molar-refractivity contribution >= 4 is 15.7 Å². The van der Waals surface area contributed by atoms with Gasteiger partial charge in [-0.2, -0.15) is 4.31 Å². The third kappa shape index (κ3) is 2.28. The van der Waals surface area contributed by atoms with Gasteiger partial charge in [-0.15, -0.1) is 6.58 Å². The van der Waals surface area contributed by atoms with Gasteiger partial charge in [0.05, 0.1) is 4.90 Å². The summed E-state index contributed by atoms with van der Waals surface area (Å²) in [5.41, 5.74) is 2.15. The minimum absolute atomic E-state index is 0.157. The third-order valence-corrected chi connectivity index (χ3v) is 5.58. The molecule has 1 aliphatic carbocycles. The van der Waals surface area contributed by atoms with Crippen LogP contribution in [0.3, 0.4) is 0 Å². The molecule has 0 radical (unpaired) electrons. The Morgan fingerprint density at radius 2 is 2.21 bits per heavy atom. The Kier molecular flexibility index (Phi) is 3.11. The van der Waals surface area contributed by atoms with E-state index in [-0.39, 0.29) is 6.04 Å². The number of benzene rings is 1. The number of nitrogens with zero attached hydrogens (tertiary/aromatic N) is 1. The van der Waals surface area contributed by atoms with Gasteiger partial charge in [-0.05, 0) is 37.0 Å². The molecule has 1 aliphatic heterocycles. The van der Waals surface area contributed by atoms with Crippen molar-refractivity contribution in [1.29, 1.82) is 0 Å². The van der Waals surface area contributed by atoms with E-state index >= 15 is 0 Å². The van der Waals surface area contributed by atoms with E-state index in [1.807, 2.05) is 6.07 Å². The molecule has 1 saturated carbocycles. The number of rotatable bonds is 5. The van der Waals surface area contributed by atoms with Crippen LogP contribution in [0.1, 0.15) is 18.4 Å². The average molecular weight is 278 g/mol. The van der Waals surface area contributed by atoms with Crippen LogP contribution in [0.5, 0.6) is 0 Å². The van der Waals surface area contributed by atoms with Crippen LogP contribution in [0.4, 0.5) is 5.69 Å². The van der Waals surface area contributed by atoms with Crippen molar-refractivity contribution in [3.63, 3.8) is 0 Å². The molecule has 1 fully saturated rings. The Bertz CT molecular complexity index is 606. The van der Waals surface area contributed by atoms with E-state index in [4.69, 9.17) is 0 Å². The predicted octanol–water partition coefficient (Wildman–Crippen LogP) is 1.99. The summed E-state index contributed by atoms with van der Waals surface area (Å²) in [6.45, 7) is 4.93. The van der Waals surface area contributed by atoms with Crippen molar-refractivity contribution in [2.45, 2.75) is 30.2 Å². The number of hydrogen-bond acceptors (Lipinski definition) is 3. The van der Waals surface area contributed by atoms with Gasteiger partial charge in [0.2, 0.25) is 10.0 Å². The maximum Gasteiger partial charge on any atom is 0.243 e. The lowest BCUT2D eigenvalue weighted by atomic mass is 10.2. The van der Waals surface area contributed by atoms with Gasteiger partial charge >= 0.3 is 0 Å². The van der Waals surface area contributed by atoms with Gasteiger partial charge in [0, 0.05) is 24.8 Å². The highest BCUT2D eigenvalue weighted by Crippen LogP contribution is 2.33. The third-order valence-electron chi connectivity index (χ3n) is 3.66. The molecule has 102 valence electrons. The van der Waals surface area contributed by atoms with Crippen LogP contribution in [-0.4, -0.2) is 31.9 Å². The molecular weight excluding hydrogens is 260 g/mol. The fraction of sp³-hybridized carbons (Fsp3) is 0.429. The van der Waals surface area contributed by atoms with Crippen molar-refractivity contribution in [3.05, 3.63) is 36.4 Å². The molecule has 4 nitrogen and oxygen atoms in total. The predicted molar refractivity (Wildman–Crippen MR) is 75.7 cm³/mol. The van der Waals surface area contributed by atoms with Crippen LogP contribution in [0.2, 0.25) is 0 Å². The van der Waals surface area contributed by atoms with Crippen molar-refractivity contribution < 1.29 is 8.42 Å². The van der Waals surface area contributed by atoms with Gasteiger partial charge in [-0.25, -0.2) is 8.42 Å². The summed E-state index contributed by atoms with van der Waals surface area (Å²) in [4.78, 5) is 0.384. The maximum atomic E-state index is 12.7. The summed E-state index contributed by atoms with van der Waals surface area (Å²) >= 11 is 0. The molecule has 1 aromatic carbocycles. The number of hydrogen-bond donors (Lipinski definition) is 1. The zero-order valence-corrected chi connectivity index (χ0v) is 11.6. The molecule has 2 aliphatic rings. The minimum Gasteiger partial charge on any atom is -0.384 e. The molecule has 0 atom stereocenters. The zero-order chi connectivity index (χ0) is 13.5. The summed E-state index contributed by atoms with van der Waals surface area (Å²) in [7, 11) is -3.40. The van der Waals surface area contributed by atoms with E-state index in [9.17, 15) is 8.42 Å². The molecule has 1 aromatic rings. The average Bonchev–Trinajstić information content (AvgIpc) is 3.11. The van der Waals surface area contributed by atoms with Gasteiger partial charge in [-0.3, -0.25) is 0 Å². The highest BCUT2D eigenvalue weighted by molar-refractivity contribution is 7.89. The van der Waals surface area contributed by atoms with Crippen molar-refractivity contribution in [3.8, 4) is 0 Å². The first-order valence-electron chi connectivity index (χ1n) is 6.62. The van der Waals surface area contributed by atoms with Crippen molar-refractivity contribution in [2.75, 3.05) is 18.4 Å². The van der Waals surface area contributed by atoms with Crippen molar-refractivity contribution in [1.82, 2.24) is 4.31 Å². The summed E-state index contributed by atoms with van der Waals surface area (Å²) in [5, 5.41) is 3.23. The first-order chi connectivity index (χ1) is 9.13. The Balaban J connectivity index is 1.96. The van der Waals surface area contributed by atoms with Crippen LogP contribution in [0.15, 0.2) is 35.7 Å². The lowest BCUT2D eigenvalue weighted by molar-refractivity contribution is 0.436. The number of nitrogens with one attached hydrogen (secondary N) is 1. The van der Waals surface area contributed by atoms with Gasteiger partial charge in [0.1, 0.15) is 0 Å². The van der Waals surface area contributed by atoms with E-state index in [1.54, 1.807) is 22.5 Å². The van der Waals surface area contributed by atoms with Gasteiger partial charge in [0.15, 0.2) is 0 Å². The second-order valence-corrected chi connectivity index (χ2v) is 6.98. The first-order valence-corrected chi connectivity index (χ1v) is 8.06. The molecule has 0 aromatic heterocycles. The molecule has 1 N–H and O–H groups in total. The fourth-order valence-electron chi connectivity index (χ4n) is 2.50. The van der Waals surface area contributed by atoms with Gasteiger partial charge in [-0.1, -0.05) is 12.1 Å². The Morgan fingerprint density at radius 1 is 1.42 bits per heavy atom. The topological polar surface area (TPSA) is 49.4 Å². The van der Waals surface area contributed by atoms with E-state index < -0.39 is 10.0 Å². The van der Waals surface area contributed by atoms with Crippen molar-refractivity contribution in [2.24, 2.45) is 0 Å². The van der Waals surface area contributed by atoms with Crippen LogP contribution in [0.25, 0.3) is 0 Å². The molecule has 0 amide bonds. The standard InChI is InChI=1S/C14H18N2O2S/c1-2-9-16(12-4-5-12)19(17,18)13-6-3-11-7-8-15-14(11)10-13/h2-3,6,10,12,15H,1,4-5,7-9H2. The molecule has 0 unspecified atom stereocenters. The maximum absolute atomic E-state index is 12.7. The number of fused-ring (bicyclic) bond motifs is 1. The normalized spacial score (nSPS) is 18.2. The molecule has 19 heavy (non-hydrogen) atoms. The molecule has 0 spiro atoms. The number of sulfonamides is 1. The quantitative estimate of drug-likeness (QED) is 0.838. The largest absolute Gasteiger partial charge is 0.384 e. The van der Waals surface area contributed by atoms with Gasteiger partial charge in [0.25, 0.3) is 0 Å².